The van der Waals surface area contributed by atoms with Crippen molar-refractivity contribution in [1.82, 2.24) is 10.2 Å². The molecule has 0 aromatic carbocycles. The lowest BCUT2D eigenvalue weighted by Crippen LogP contribution is -2.69. The first-order valence-corrected chi connectivity index (χ1v) is 5.34. The minimum atomic E-state index is 0.168. The zero-order valence-corrected chi connectivity index (χ0v) is 8.68. The van der Waals surface area contributed by atoms with Crippen LogP contribution in [0.4, 0.5) is 0 Å². The number of nitrogens with zero attached hydrogens (tertiary/aromatic N) is 1. The van der Waals surface area contributed by atoms with Gasteiger partial charge in [0.15, 0.2) is 0 Å². The smallest absolute Gasteiger partial charge is 0.106 e. The quantitative estimate of drug-likeness (QED) is 0.675. The molecular formula is C10H20N2O. The highest BCUT2D eigenvalue weighted by Gasteiger charge is 2.42. The normalized spacial score (nSPS) is 30.0. The minimum absolute atomic E-state index is 0.168. The van der Waals surface area contributed by atoms with Crippen LogP contribution in [0.25, 0.3) is 0 Å². The van der Waals surface area contributed by atoms with Crippen molar-refractivity contribution in [3.8, 4) is 0 Å². The average Bonchev–Trinajstić information content (AvgIpc) is 2.14. The second kappa shape index (κ2) is 3.56. The Bertz CT molecular complexity index is 180. The van der Waals surface area contributed by atoms with E-state index in [0.717, 1.165) is 32.8 Å². The van der Waals surface area contributed by atoms with E-state index in [4.69, 9.17) is 4.74 Å². The van der Waals surface area contributed by atoms with Crippen LogP contribution < -0.4 is 5.32 Å². The summed E-state index contributed by atoms with van der Waals surface area (Å²) in [5, 5.41) is 3.30. The Balaban J connectivity index is 1.92. The van der Waals surface area contributed by atoms with Gasteiger partial charge in [-0.25, -0.2) is 0 Å². The molecule has 0 unspecified atom stereocenters. The zero-order valence-electron chi connectivity index (χ0n) is 8.68. The molecule has 2 aliphatic rings. The first-order chi connectivity index (χ1) is 6.26. The van der Waals surface area contributed by atoms with Gasteiger partial charge in [-0.3, -0.25) is 4.90 Å². The molecule has 3 nitrogen and oxygen atoms in total. The van der Waals surface area contributed by atoms with Crippen LogP contribution in [0.1, 0.15) is 20.3 Å². The van der Waals surface area contributed by atoms with Crippen molar-refractivity contribution in [3.63, 3.8) is 0 Å². The van der Waals surface area contributed by atoms with Gasteiger partial charge in [0.05, 0.1) is 6.61 Å². The van der Waals surface area contributed by atoms with E-state index >= 15 is 0 Å². The SMILES string of the molecule is CC[C@H](C)N1CCOC2(CNC2)C1. The Kier molecular flexibility index (Phi) is 2.58. The lowest BCUT2D eigenvalue weighted by Gasteiger charge is -2.50. The van der Waals surface area contributed by atoms with Crippen molar-refractivity contribution in [2.24, 2.45) is 0 Å². The molecule has 1 atom stereocenters. The highest BCUT2D eigenvalue weighted by molar-refractivity contribution is 4.99. The van der Waals surface area contributed by atoms with Crippen LogP contribution >= 0.6 is 0 Å². The summed E-state index contributed by atoms with van der Waals surface area (Å²) >= 11 is 0. The molecule has 2 rings (SSSR count). The number of ether oxygens (including phenoxy) is 1. The molecule has 0 bridgehead atoms. The van der Waals surface area contributed by atoms with Crippen LogP contribution in [0, 0.1) is 0 Å². The van der Waals surface area contributed by atoms with Crippen LogP contribution in [0.5, 0.6) is 0 Å². The van der Waals surface area contributed by atoms with E-state index in [2.05, 4.69) is 24.1 Å². The summed E-state index contributed by atoms with van der Waals surface area (Å²) in [6.45, 7) is 9.79. The van der Waals surface area contributed by atoms with Crippen molar-refractivity contribution >= 4 is 0 Å². The number of hydrogen-bond donors (Lipinski definition) is 1. The number of nitrogens with one attached hydrogen (secondary N) is 1. The third-order valence-corrected chi connectivity index (χ3v) is 3.39. The maximum Gasteiger partial charge on any atom is 0.106 e. The second-order valence-corrected chi connectivity index (χ2v) is 4.36. The van der Waals surface area contributed by atoms with E-state index in [1.54, 1.807) is 0 Å². The molecule has 76 valence electrons. The fraction of sp³-hybridized carbons (Fsp3) is 1.00. The fourth-order valence-electron chi connectivity index (χ4n) is 2.13. The van der Waals surface area contributed by atoms with Crippen molar-refractivity contribution < 1.29 is 4.74 Å². The molecule has 0 aromatic rings. The van der Waals surface area contributed by atoms with Gasteiger partial charge in [-0.1, -0.05) is 6.92 Å². The molecule has 2 heterocycles. The van der Waals surface area contributed by atoms with E-state index in [9.17, 15) is 0 Å². The summed E-state index contributed by atoms with van der Waals surface area (Å²) in [5.41, 5.74) is 0.168. The third-order valence-electron chi connectivity index (χ3n) is 3.39. The van der Waals surface area contributed by atoms with Crippen LogP contribution in [-0.2, 0) is 4.74 Å². The predicted octanol–water partition coefficient (Wildman–Crippen LogP) is 0.459. The van der Waals surface area contributed by atoms with Crippen LogP contribution in [0.3, 0.4) is 0 Å². The molecular weight excluding hydrogens is 164 g/mol. The van der Waals surface area contributed by atoms with Gasteiger partial charge in [-0.2, -0.15) is 0 Å². The maximum atomic E-state index is 5.82. The van der Waals surface area contributed by atoms with E-state index in [-0.39, 0.29) is 5.60 Å². The molecule has 0 saturated carbocycles. The van der Waals surface area contributed by atoms with Gasteiger partial charge in [-0.05, 0) is 13.3 Å². The van der Waals surface area contributed by atoms with Gasteiger partial charge in [-0.15, -0.1) is 0 Å². The zero-order chi connectivity index (χ0) is 9.31. The van der Waals surface area contributed by atoms with Crippen molar-refractivity contribution in [2.45, 2.75) is 31.9 Å². The Hall–Kier alpha value is -0.120. The molecule has 0 radical (unpaired) electrons. The summed E-state index contributed by atoms with van der Waals surface area (Å²) < 4.78 is 5.82. The Morgan fingerprint density at radius 2 is 2.31 bits per heavy atom. The summed E-state index contributed by atoms with van der Waals surface area (Å²) in [5.74, 6) is 0. The lowest BCUT2D eigenvalue weighted by molar-refractivity contribution is -0.142. The van der Waals surface area contributed by atoms with Gasteiger partial charge in [0, 0.05) is 32.2 Å². The van der Waals surface area contributed by atoms with Gasteiger partial charge >= 0.3 is 0 Å². The first kappa shape index (κ1) is 9.44. The molecule has 0 aliphatic carbocycles. The topological polar surface area (TPSA) is 24.5 Å². The minimum Gasteiger partial charge on any atom is -0.370 e. The second-order valence-electron chi connectivity index (χ2n) is 4.36. The highest BCUT2D eigenvalue weighted by Crippen LogP contribution is 2.23. The third kappa shape index (κ3) is 1.73. The average molecular weight is 184 g/mol. The van der Waals surface area contributed by atoms with Crippen LogP contribution in [0.15, 0.2) is 0 Å². The van der Waals surface area contributed by atoms with Gasteiger partial charge in [0.1, 0.15) is 5.60 Å². The van der Waals surface area contributed by atoms with Crippen molar-refractivity contribution in [1.29, 1.82) is 0 Å². The predicted molar refractivity (Wildman–Crippen MR) is 52.9 cm³/mol. The molecule has 3 heteroatoms. The fourth-order valence-corrected chi connectivity index (χ4v) is 2.13. The number of rotatable bonds is 2. The maximum absolute atomic E-state index is 5.82. The summed E-state index contributed by atoms with van der Waals surface area (Å²) in [4.78, 5) is 2.56. The first-order valence-electron chi connectivity index (χ1n) is 5.34. The standard InChI is InChI=1S/C10H20N2O/c1-3-9(2)12-4-5-13-10(8-12)6-11-7-10/h9,11H,3-8H2,1-2H3/t9-/m0/s1. The molecule has 2 fully saturated rings. The summed E-state index contributed by atoms with van der Waals surface area (Å²) in [7, 11) is 0. The molecule has 13 heavy (non-hydrogen) atoms. The molecule has 0 amide bonds. The Morgan fingerprint density at radius 1 is 1.54 bits per heavy atom. The summed E-state index contributed by atoms with van der Waals surface area (Å²) in [6, 6.07) is 0.710. The molecule has 2 saturated heterocycles. The van der Waals surface area contributed by atoms with Gasteiger partial charge in [0.2, 0.25) is 0 Å². The number of morpholine rings is 1. The van der Waals surface area contributed by atoms with Gasteiger partial charge < -0.3 is 10.1 Å². The van der Waals surface area contributed by atoms with E-state index < -0.39 is 0 Å². The van der Waals surface area contributed by atoms with Crippen molar-refractivity contribution in [2.75, 3.05) is 32.8 Å². The molecule has 1 spiro atoms. The Labute approximate surface area is 80.4 Å². The van der Waals surface area contributed by atoms with Crippen LogP contribution in [-0.4, -0.2) is 49.3 Å². The van der Waals surface area contributed by atoms with Crippen molar-refractivity contribution in [3.05, 3.63) is 0 Å². The number of hydrogen-bond acceptors (Lipinski definition) is 3. The van der Waals surface area contributed by atoms with Gasteiger partial charge in [0.25, 0.3) is 0 Å². The largest absolute Gasteiger partial charge is 0.370 e. The van der Waals surface area contributed by atoms with E-state index in [0.29, 0.717) is 6.04 Å². The molecule has 0 aromatic heterocycles. The molecule has 1 N–H and O–H groups in total. The summed E-state index contributed by atoms with van der Waals surface area (Å²) in [6.07, 6.45) is 1.24. The monoisotopic (exact) mass is 184 g/mol. The van der Waals surface area contributed by atoms with E-state index in [1.807, 2.05) is 0 Å². The Morgan fingerprint density at radius 3 is 2.85 bits per heavy atom. The molecule has 2 aliphatic heterocycles. The van der Waals surface area contributed by atoms with Crippen LogP contribution in [0.2, 0.25) is 0 Å². The lowest BCUT2D eigenvalue weighted by atomic mass is 9.94. The van der Waals surface area contributed by atoms with E-state index in [1.165, 1.54) is 6.42 Å². The highest BCUT2D eigenvalue weighted by atomic mass is 16.5.